The van der Waals surface area contributed by atoms with E-state index in [9.17, 15) is 4.79 Å². The lowest BCUT2D eigenvalue weighted by molar-refractivity contribution is -0.122. The van der Waals surface area contributed by atoms with Crippen LogP contribution in [0.2, 0.25) is 0 Å². The van der Waals surface area contributed by atoms with Crippen molar-refractivity contribution in [3.05, 3.63) is 55.0 Å². The molecule has 186 valence electrons. The van der Waals surface area contributed by atoms with E-state index in [1.54, 1.807) is 12.4 Å². The maximum absolute atomic E-state index is 12.4. The van der Waals surface area contributed by atoms with Crippen LogP contribution in [0.15, 0.2) is 55.0 Å². The summed E-state index contributed by atoms with van der Waals surface area (Å²) in [5.41, 5.74) is 7.44. The zero-order valence-corrected chi connectivity index (χ0v) is 20.6. The van der Waals surface area contributed by atoms with Gasteiger partial charge in [0.15, 0.2) is 0 Å². The zero-order chi connectivity index (χ0) is 24.8. The predicted molar refractivity (Wildman–Crippen MR) is 146 cm³/mol. The Morgan fingerprint density at radius 1 is 0.946 bits per heavy atom. The lowest BCUT2D eigenvalue weighted by atomic mass is 9.85. The molecular formula is C29H29N7O. The molecule has 3 N–H and O–H groups in total. The fraction of sp³-hybridized carbons (Fsp3) is 0.310. The summed E-state index contributed by atoms with van der Waals surface area (Å²) in [6, 6.07) is 12.7. The summed E-state index contributed by atoms with van der Waals surface area (Å²) >= 11 is 0. The van der Waals surface area contributed by atoms with Crippen LogP contribution < -0.4 is 10.2 Å². The van der Waals surface area contributed by atoms with Crippen molar-refractivity contribution >= 4 is 39.1 Å². The van der Waals surface area contributed by atoms with Gasteiger partial charge in [-0.15, -0.1) is 0 Å². The minimum atomic E-state index is 0.0773. The Balaban J connectivity index is 1.23. The first-order valence-corrected chi connectivity index (χ1v) is 13.2. The number of amides is 1. The first-order chi connectivity index (χ1) is 18.2. The second-order valence-electron chi connectivity index (χ2n) is 10.2. The average Bonchev–Trinajstić information content (AvgIpc) is 3.52. The number of carbonyl (C=O) groups is 1. The van der Waals surface area contributed by atoms with E-state index in [2.05, 4.69) is 59.6 Å². The molecule has 4 aromatic heterocycles. The number of pyridine rings is 2. The number of aromatic nitrogens is 5. The molecule has 1 saturated carbocycles. The van der Waals surface area contributed by atoms with Crippen molar-refractivity contribution in [3.8, 4) is 22.6 Å². The molecule has 0 atom stereocenters. The second-order valence-corrected chi connectivity index (χ2v) is 10.2. The number of piperidine rings is 1. The van der Waals surface area contributed by atoms with Gasteiger partial charge in [0.05, 0.1) is 35.0 Å². The highest BCUT2D eigenvalue weighted by Crippen LogP contribution is 2.35. The van der Waals surface area contributed by atoms with E-state index in [1.807, 2.05) is 18.3 Å². The minimum Gasteiger partial charge on any atom is -0.371 e. The van der Waals surface area contributed by atoms with Crippen molar-refractivity contribution in [2.75, 3.05) is 23.3 Å². The monoisotopic (exact) mass is 491 g/mol. The van der Waals surface area contributed by atoms with Gasteiger partial charge in [-0.2, -0.15) is 5.10 Å². The number of H-pyrrole nitrogens is 2. The van der Waals surface area contributed by atoms with Crippen LogP contribution in [0, 0.1) is 5.92 Å². The molecule has 5 heterocycles. The maximum atomic E-state index is 12.4. The van der Waals surface area contributed by atoms with E-state index in [0.29, 0.717) is 5.69 Å². The van der Waals surface area contributed by atoms with Crippen molar-refractivity contribution in [1.29, 1.82) is 0 Å². The van der Waals surface area contributed by atoms with Gasteiger partial charge >= 0.3 is 0 Å². The van der Waals surface area contributed by atoms with Gasteiger partial charge in [0.1, 0.15) is 5.69 Å². The third-order valence-electron chi connectivity index (χ3n) is 7.82. The first-order valence-electron chi connectivity index (χ1n) is 13.2. The molecule has 8 heteroatoms. The second kappa shape index (κ2) is 9.03. The number of carbonyl (C=O) groups excluding carboxylic acids is 1. The van der Waals surface area contributed by atoms with Gasteiger partial charge in [0, 0.05) is 52.7 Å². The summed E-state index contributed by atoms with van der Waals surface area (Å²) in [6.07, 6.45) is 12.1. The molecule has 2 fully saturated rings. The molecule has 1 aliphatic carbocycles. The van der Waals surface area contributed by atoms with Gasteiger partial charge in [-0.1, -0.05) is 12.5 Å². The van der Waals surface area contributed by atoms with Crippen molar-refractivity contribution in [1.82, 2.24) is 25.1 Å². The quantitative estimate of drug-likeness (QED) is 0.284. The van der Waals surface area contributed by atoms with Gasteiger partial charge in [-0.05, 0) is 62.4 Å². The number of benzene rings is 1. The zero-order valence-electron chi connectivity index (χ0n) is 20.6. The van der Waals surface area contributed by atoms with Gasteiger partial charge in [-0.3, -0.25) is 19.9 Å². The highest BCUT2D eigenvalue weighted by atomic mass is 16.1. The van der Waals surface area contributed by atoms with Crippen molar-refractivity contribution in [2.45, 2.75) is 38.5 Å². The molecule has 0 spiro atoms. The molecule has 0 bridgehead atoms. The minimum absolute atomic E-state index is 0.0773. The van der Waals surface area contributed by atoms with Crippen LogP contribution in [0.3, 0.4) is 0 Å². The molecular weight excluding hydrogens is 462 g/mol. The van der Waals surface area contributed by atoms with E-state index < -0.39 is 0 Å². The number of aromatic amines is 2. The number of hydrogen-bond donors (Lipinski definition) is 3. The molecule has 1 amide bonds. The third-order valence-corrected chi connectivity index (χ3v) is 7.82. The summed E-state index contributed by atoms with van der Waals surface area (Å²) < 4.78 is 0. The van der Waals surface area contributed by atoms with Crippen LogP contribution >= 0.6 is 0 Å². The van der Waals surface area contributed by atoms with Crippen LogP contribution in [0.5, 0.6) is 0 Å². The number of nitrogens with zero attached hydrogens (tertiary/aromatic N) is 4. The molecule has 2 aliphatic rings. The van der Waals surface area contributed by atoms with E-state index >= 15 is 0 Å². The number of rotatable bonds is 5. The van der Waals surface area contributed by atoms with E-state index in [4.69, 9.17) is 0 Å². The van der Waals surface area contributed by atoms with Gasteiger partial charge in [0.2, 0.25) is 5.91 Å². The summed E-state index contributed by atoms with van der Waals surface area (Å²) in [4.78, 5) is 27.5. The normalized spacial score (nSPS) is 16.3. The number of hydrogen-bond acceptors (Lipinski definition) is 5. The van der Waals surface area contributed by atoms with Gasteiger partial charge < -0.3 is 15.2 Å². The van der Waals surface area contributed by atoms with Gasteiger partial charge in [0.25, 0.3) is 0 Å². The maximum Gasteiger partial charge on any atom is 0.227 e. The Hall–Kier alpha value is -4.20. The van der Waals surface area contributed by atoms with Crippen molar-refractivity contribution in [3.63, 3.8) is 0 Å². The molecule has 1 aliphatic heterocycles. The van der Waals surface area contributed by atoms with Crippen molar-refractivity contribution in [2.24, 2.45) is 5.92 Å². The highest BCUT2D eigenvalue weighted by molar-refractivity contribution is 6.00. The smallest absolute Gasteiger partial charge is 0.227 e. The highest BCUT2D eigenvalue weighted by Gasteiger charge is 2.25. The predicted octanol–water partition coefficient (Wildman–Crippen LogP) is 5.90. The average molecular weight is 492 g/mol. The number of fused-ring (bicyclic) bond motifs is 2. The van der Waals surface area contributed by atoms with E-state index in [0.717, 1.165) is 71.4 Å². The first kappa shape index (κ1) is 22.0. The van der Waals surface area contributed by atoms with Crippen LogP contribution in [0.1, 0.15) is 38.5 Å². The molecule has 1 aromatic carbocycles. The topological polar surface area (TPSA) is 103 Å². The van der Waals surface area contributed by atoms with E-state index in [1.165, 1.54) is 30.3 Å². The lowest BCUT2D eigenvalue weighted by Gasteiger charge is -2.29. The Morgan fingerprint density at radius 2 is 1.84 bits per heavy atom. The van der Waals surface area contributed by atoms with E-state index in [-0.39, 0.29) is 11.8 Å². The summed E-state index contributed by atoms with van der Waals surface area (Å²) in [5, 5.41) is 13.0. The summed E-state index contributed by atoms with van der Waals surface area (Å²) in [5.74, 6) is 0.201. The van der Waals surface area contributed by atoms with Crippen LogP contribution in [-0.2, 0) is 4.79 Å². The summed E-state index contributed by atoms with van der Waals surface area (Å²) in [7, 11) is 0. The fourth-order valence-corrected chi connectivity index (χ4v) is 5.52. The largest absolute Gasteiger partial charge is 0.371 e. The van der Waals surface area contributed by atoms with Crippen LogP contribution in [0.4, 0.5) is 11.4 Å². The molecule has 7 rings (SSSR count). The Morgan fingerprint density at radius 3 is 2.68 bits per heavy atom. The third kappa shape index (κ3) is 4.02. The van der Waals surface area contributed by atoms with Crippen molar-refractivity contribution < 1.29 is 4.79 Å². The lowest BCUT2D eigenvalue weighted by Crippen LogP contribution is -2.29. The molecule has 0 radical (unpaired) electrons. The SMILES string of the molecule is O=C(Nc1cncc(-c2cc3c(-c4cc5c(N6CCCCC6)cccc5[nH]4)n[nH]c3cn2)c1)C1CCC1. The number of nitrogens with one attached hydrogen (secondary N) is 3. The Labute approximate surface area is 214 Å². The van der Waals surface area contributed by atoms with Crippen LogP contribution in [-0.4, -0.2) is 44.1 Å². The summed E-state index contributed by atoms with van der Waals surface area (Å²) in [6.45, 7) is 2.21. The molecule has 5 aromatic rings. The fourth-order valence-electron chi connectivity index (χ4n) is 5.52. The van der Waals surface area contributed by atoms with Crippen LogP contribution in [0.25, 0.3) is 44.5 Å². The molecule has 0 unspecified atom stereocenters. The number of anilines is 2. The Kier molecular flexibility index (Phi) is 5.38. The standard InChI is InChI=1S/C29H29N7O/c37-29(18-6-4-7-18)32-20-12-19(15-30-16-20)24-14-22-26(17-31-24)34-35-28(22)25-13-21-23(33-25)8-5-9-27(21)36-10-2-1-3-11-36/h5,8-9,12-18,33H,1-4,6-7,10-11H2,(H,32,37)(H,34,35). The molecule has 1 saturated heterocycles. The Bertz CT molecular complexity index is 1610. The molecule has 8 nitrogen and oxygen atoms in total. The van der Waals surface area contributed by atoms with Gasteiger partial charge in [-0.25, -0.2) is 0 Å². The molecule has 37 heavy (non-hydrogen) atoms.